The fourth-order valence-corrected chi connectivity index (χ4v) is 2.06. The van der Waals surface area contributed by atoms with Crippen LogP contribution in [0, 0.1) is 6.92 Å². The van der Waals surface area contributed by atoms with Crippen molar-refractivity contribution in [3.05, 3.63) is 35.9 Å². The maximum Gasteiger partial charge on any atom is 0.338 e. The molecule has 0 bridgehead atoms. The Hall–Kier alpha value is -1.82. The average Bonchev–Trinajstić information content (AvgIpc) is 2.70. The summed E-state index contributed by atoms with van der Waals surface area (Å²) in [6, 6.07) is 1.66. The highest BCUT2D eigenvalue weighted by molar-refractivity contribution is 7.99. The summed E-state index contributed by atoms with van der Waals surface area (Å²) in [5.74, 6) is -1.00. The van der Waals surface area contributed by atoms with Gasteiger partial charge in [0.2, 0.25) is 0 Å². The minimum atomic E-state index is -1.00. The Morgan fingerprint density at radius 2 is 2.25 bits per heavy atom. The van der Waals surface area contributed by atoms with E-state index in [0.29, 0.717) is 15.8 Å². The zero-order valence-electron chi connectivity index (χ0n) is 8.38. The summed E-state index contributed by atoms with van der Waals surface area (Å²) in [6.45, 7) is 1.73. The van der Waals surface area contributed by atoms with Crippen molar-refractivity contribution in [1.82, 2.24) is 9.97 Å². The van der Waals surface area contributed by atoms with Gasteiger partial charge in [-0.1, -0.05) is 0 Å². The van der Waals surface area contributed by atoms with E-state index >= 15 is 0 Å². The van der Waals surface area contributed by atoms with Crippen LogP contribution in [0.3, 0.4) is 0 Å². The fourth-order valence-electron chi connectivity index (χ4n) is 1.21. The van der Waals surface area contributed by atoms with Gasteiger partial charge in [0.25, 0.3) is 5.22 Å². The lowest BCUT2D eigenvalue weighted by molar-refractivity contribution is 0.0691. The first-order chi connectivity index (χ1) is 7.68. The third-order valence-corrected chi connectivity index (χ3v) is 2.81. The Kier molecular flexibility index (Phi) is 2.91. The number of hydrogen-bond donors (Lipinski definition) is 1. The molecule has 82 valence electrons. The van der Waals surface area contributed by atoms with Gasteiger partial charge in [-0.2, -0.15) is 0 Å². The first-order valence-electron chi connectivity index (χ1n) is 4.44. The molecule has 0 amide bonds. The lowest BCUT2D eigenvalue weighted by Crippen LogP contribution is -2.03. The van der Waals surface area contributed by atoms with E-state index < -0.39 is 5.97 Å². The summed E-state index contributed by atoms with van der Waals surface area (Å²) in [4.78, 5) is 19.0. The highest BCUT2D eigenvalue weighted by Gasteiger charge is 2.16. The van der Waals surface area contributed by atoms with Crippen molar-refractivity contribution >= 4 is 17.7 Å². The van der Waals surface area contributed by atoms with Crippen molar-refractivity contribution in [1.29, 1.82) is 0 Å². The van der Waals surface area contributed by atoms with Gasteiger partial charge < -0.3 is 9.52 Å². The second kappa shape index (κ2) is 4.36. The molecule has 0 aliphatic rings. The number of hydrogen-bond acceptors (Lipinski definition) is 5. The fraction of sp³-hybridized carbons (Fsp3) is 0.100. The van der Waals surface area contributed by atoms with Crippen LogP contribution in [0.5, 0.6) is 0 Å². The van der Waals surface area contributed by atoms with Crippen LogP contribution in [0.4, 0.5) is 0 Å². The molecule has 5 nitrogen and oxygen atoms in total. The van der Waals surface area contributed by atoms with Gasteiger partial charge in [-0.3, -0.25) is 0 Å². The molecule has 6 heteroatoms. The Morgan fingerprint density at radius 3 is 2.88 bits per heavy atom. The number of aromatic carboxylic acids is 1. The van der Waals surface area contributed by atoms with Gasteiger partial charge in [0.15, 0.2) is 0 Å². The molecule has 16 heavy (non-hydrogen) atoms. The van der Waals surface area contributed by atoms with Gasteiger partial charge in [-0.25, -0.2) is 14.8 Å². The number of aryl methyl sites for hydroxylation is 1. The molecule has 0 spiro atoms. The molecule has 0 aromatic carbocycles. The van der Waals surface area contributed by atoms with Gasteiger partial charge in [-0.05, 0) is 30.3 Å². The van der Waals surface area contributed by atoms with E-state index in [-0.39, 0.29) is 5.56 Å². The van der Waals surface area contributed by atoms with Crippen LogP contribution in [-0.4, -0.2) is 21.0 Å². The minimum Gasteiger partial charge on any atom is -0.478 e. The van der Waals surface area contributed by atoms with E-state index in [9.17, 15) is 4.79 Å². The molecule has 0 radical (unpaired) electrons. The van der Waals surface area contributed by atoms with E-state index in [1.54, 1.807) is 19.2 Å². The van der Waals surface area contributed by atoms with E-state index in [1.165, 1.54) is 12.5 Å². The first-order valence-corrected chi connectivity index (χ1v) is 5.26. The smallest absolute Gasteiger partial charge is 0.338 e. The molecule has 0 aliphatic heterocycles. The molecule has 0 unspecified atom stereocenters. The van der Waals surface area contributed by atoms with Crippen LogP contribution in [0.2, 0.25) is 0 Å². The topological polar surface area (TPSA) is 76.2 Å². The average molecular weight is 236 g/mol. The van der Waals surface area contributed by atoms with Crippen molar-refractivity contribution in [3.63, 3.8) is 0 Å². The zero-order valence-corrected chi connectivity index (χ0v) is 9.19. The molecule has 2 heterocycles. The second-order valence-corrected chi connectivity index (χ2v) is 3.95. The number of carboxylic acids is 1. The number of carboxylic acid groups (broad SMARTS) is 1. The third kappa shape index (κ3) is 2.06. The van der Waals surface area contributed by atoms with Gasteiger partial charge in [0.05, 0.1) is 11.8 Å². The van der Waals surface area contributed by atoms with Crippen molar-refractivity contribution in [2.75, 3.05) is 0 Å². The number of carbonyl (C=O) groups is 1. The summed E-state index contributed by atoms with van der Waals surface area (Å²) in [5.41, 5.74) is 0.849. The van der Waals surface area contributed by atoms with E-state index in [2.05, 4.69) is 9.97 Å². The van der Waals surface area contributed by atoms with E-state index in [0.717, 1.165) is 11.8 Å². The molecule has 0 atom stereocenters. The van der Waals surface area contributed by atoms with Gasteiger partial charge in [-0.15, -0.1) is 0 Å². The summed E-state index contributed by atoms with van der Waals surface area (Å²) in [5, 5.41) is 9.83. The van der Waals surface area contributed by atoms with Crippen molar-refractivity contribution in [2.24, 2.45) is 0 Å². The van der Waals surface area contributed by atoms with Crippen LogP contribution in [0.1, 0.15) is 15.9 Å². The van der Waals surface area contributed by atoms with Crippen molar-refractivity contribution in [2.45, 2.75) is 17.2 Å². The van der Waals surface area contributed by atoms with E-state index in [1.807, 2.05) is 0 Å². The quantitative estimate of drug-likeness (QED) is 0.880. The van der Waals surface area contributed by atoms with Crippen LogP contribution in [0.25, 0.3) is 0 Å². The third-order valence-electron chi connectivity index (χ3n) is 1.93. The van der Waals surface area contributed by atoms with Gasteiger partial charge in [0.1, 0.15) is 11.3 Å². The second-order valence-electron chi connectivity index (χ2n) is 3.01. The van der Waals surface area contributed by atoms with E-state index in [4.69, 9.17) is 9.52 Å². The van der Waals surface area contributed by atoms with Crippen molar-refractivity contribution in [3.8, 4) is 0 Å². The summed E-state index contributed by atoms with van der Waals surface area (Å²) >= 11 is 1.09. The normalized spacial score (nSPS) is 10.3. The molecule has 0 aliphatic carbocycles. The summed E-state index contributed by atoms with van der Waals surface area (Å²) < 4.78 is 5.03. The Balaban J connectivity index is 2.40. The first kappa shape index (κ1) is 10.7. The molecule has 2 rings (SSSR count). The number of nitrogens with zero attached hydrogens (tertiary/aromatic N) is 2. The number of pyridine rings is 1. The van der Waals surface area contributed by atoms with Crippen LogP contribution >= 0.6 is 11.8 Å². The Bertz CT molecular complexity index is 511. The maximum absolute atomic E-state index is 11.1. The molecular formula is C10H8N2O3S. The number of aromatic nitrogens is 2. The molecule has 1 N–H and O–H groups in total. The summed E-state index contributed by atoms with van der Waals surface area (Å²) in [7, 11) is 0. The zero-order chi connectivity index (χ0) is 11.5. The predicted octanol–water partition coefficient (Wildman–Crippen LogP) is 2.23. The van der Waals surface area contributed by atoms with Gasteiger partial charge in [0, 0.05) is 6.20 Å². The highest BCUT2D eigenvalue weighted by Crippen LogP contribution is 2.28. The largest absolute Gasteiger partial charge is 0.478 e. The summed E-state index contributed by atoms with van der Waals surface area (Å²) in [6.07, 6.45) is 4.49. The van der Waals surface area contributed by atoms with Gasteiger partial charge >= 0.3 is 5.97 Å². The Labute approximate surface area is 95.5 Å². The molecule has 2 aromatic rings. The molecule has 2 aromatic heterocycles. The lowest BCUT2D eigenvalue weighted by Gasteiger charge is -2.04. The standard InChI is InChI=1S/C10H8N2O3S/c1-6-2-3-11-8(7(6)9(13)14)16-10-12-4-5-15-10/h2-5H,1H3,(H,13,14). The minimum absolute atomic E-state index is 0.186. The molecular weight excluding hydrogens is 228 g/mol. The van der Waals surface area contributed by atoms with Crippen LogP contribution in [-0.2, 0) is 0 Å². The number of rotatable bonds is 3. The molecule has 0 saturated heterocycles. The maximum atomic E-state index is 11.1. The lowest BCUT2D eigenvalue weighted by atomic mass is 10.2. The van der Waals surface area contributed by atoms with Crippen LogP contribution in [0.15, 0.2) is 39.4 Å². The monoisotopic (exact) mass is 236 g/mol. The number of oxazole rings is 1. The SMILES string of the molecule is Cc1ccnc(Sc2ncco2)c1C(=O)O. The van der Waals surface area contributed by atoms with Crippen LogP contribution < -0.4 is 0 Å². The molecule has 0 fully saturated rings. The Morgan fingerprint density at radius 1 is 1.44 bits per heavy atom. The predicted molar refractivity (Wildman–Crippen MR) is 56.6 cm³/mol. The highest BCUT2D eigenvalue weighted by atomic mass is 32.2. The van der Waals surface area contributed by atoms with Crippen molar-refractivity contribution < 1.29 is 14.3 Å². The molecule has 0 saturated carbocycles.